The van der Waals surface area contributed by atoms with Crippen LogP contribution in [-0.4, -0.2) is 9.97 Å². The lowest BCUT2D eigenvalue weighted by molar-refractivity contribution is 0.914. The average molecular weight is 257 g/mol. The molecule has 0 spiro atoms. The molecule has 1 aromatic heterocycles. The van der Waals surface area contributed by atoms with Gasteiger partial charge >= 0.3 is 0 Å². The monoisotopic (exact) mass is 257 g/mol. The van der Waals surface area contributed by atoms with Crippen molar-refractivity contribution < 1.29 is 0 Å². The van der Waals surface area contributed by atoms with Crippen molar-refractivity contribution in [2.45, 2.75) is 33.2 Å². The van der Waals surface area contributed by atoms with E-state index in [2.05, 4.69) is 46.5 Å². The molecule has 0 atom stereocenters. The molecule has 1 aromatic carbocycles. The highest BCUT2D eigenvalue weighted by Gasteiger charge is 2.00. The summed E-state index contributed by atoms with van der Waals surface area (Å²) < 4.78 is 0. The van der Waals surface area contributed by atoms with Crippen molar-refractivity contribution in [3.8, 4) is 0 Å². The maximum absolute atomic E-state index is 11.4. The van der Waals surface area contributed by atoms with E-state index in [1.807, 2.05) is 6.92 Å². The van der Waals surface area contributed by atoms with Gasteiger partial charge in [-0.25, -0.2) is 4.98 Å². The van der Waals surface area contributed by atoms with Gasteiger partial charge in [-0.15, -0.1) is 0 Å². The van der Waals surface area contributed by atoms with Crippen LogP contribution in [0.1, 0.15) is 30.8 Å². The number of aromatic nitrogens is 2. The molecular formula is C15H19N3O. The van der Waals surface area contributed by atoms with E-state index in [1.54, 1.807) is 0 Å². The highest BCUT2D eigenvalue weighted by Crippen LogP contribution is 2.07. The third kappa shape index (κ3) is 3.68. The SMILES string of the molecule is CCc1ccc(CNc2cc(=O)[nH]c(CC)n2)cc1. The quantitative estimate of drug-likeness (QED) is 0.865. The summed E-state index contributed by atoms with van der Waals surface area (Å²) in [5, 5.41) is 3.18. The minimum absolute atomic E-state index is 0.115. The Morgan fingerprint density at radius 3 is 2.42 bits per heavy atom. The molecule has 0 bridgehead atoms. The second-order valence-electron chi connectivity index (χ2n) is 4.45. The standard InChI is InChI=1S/C15H19N3O/c1-3-11-5-7-12(8-6-11)10-16-14-9-15(19)18-13(4-2)17-14/h5-9H,3-4,10H2,1-2H3,(H2,16,17,18,19). The molecular weight excluding hydrogens is 238 g/mol. The summed E-state index contributed by atoms with van der Waals surface area (Å²) in [6.45, 7) is 4.77. The second-order valence-corrected chi connectivity index (χ2v) is 4.45. The summed E-state index contributed by atoms with van der Waals surface area (Å²) in [6, 6.07) is 9.93. The summed E-state index contributed by atoms with van der Waals surface area (Å²) in [6.07, 6.45) is 1.76. The molecule has 0 saturated heterocycles. The van der Waals surface area contributed by atoms with Gasteiger partial charge in [-0.3, -0.25) is 4.79 Å². The van der Waals surface area contributed by atoms with Crippen LogP contribution in [0.25, 0.3) is 0 Å². The van der Waals surface area contributed by atoms with Crippen LogP contribution in [0, 0.1) is 0 Å². The van der Waals surface area contributed by atoms with Gasteiger partial charge in [0.25, 0.3) is 5.56 Å². The zero-order valence-electron chi connectivity index (χ0n) is 11.4. The molecule has 0 amide bonds. The normalized spacial score (nSPS) is 10.4. The third-order valence-electron chi connectivity index (χ3n) is 3.03. The van der Waals surface area contributed by atoms with Gasteiger partial charge < -0.3 is 10.3 Å². The van der Waals surface area contributed by atoms with Crippen LogP contribution >= 0.6 is 0 Å². The first-order chi connectivity index (χ1) is 9.21. The smallest absolute Gasteiger partial charge is 0.252 e. The number of aryl methyl sites for hydroxylation is 2. The van der Waals surface area contributed by atoms with Gasteiger partial charge in [0.1, 0.15) is 11.6 Å². The van der Waals surface area contributed by atoms with Gasteiger partial charge in [0, 0.05) is 19.0 Å². The Hall–Kier alpha value is -2.10. The predicted molar refractivity (Wildman–Crippen MR) is 77.4 cm³/mol. The van der Waals surface area contributed by atoms with E-state index in [0.29, 0.717) is 18.2 Å². The first kappa shape index (κ1) is 13.3. The van der Waals surface area contributed by atoms with Crippen molar-refractivity contribution >= 4 is 5.82 Å². The number of H-pyrrole nitrogens is 1. The number of aromatic amines is 1. The number of hydrogen-bond acceptors (Lipinski definition) is 3. The van der Waals surface area contributed by atoms with Crippen LogP contribution in [0.4, 0.5) is 5.82 Å². The molecule has 100 valence electrons. The molecule has 0 radical (unpaired) electrons. The van der Waals surface area contributed by atoms with E-state index in [-0.39, 0.29) is 5.56 Å². The number of anilines is 1. The molecule has 0 aliphatic carbocycles. The van der Waals surface area contributed by atoms with Gasteiger partial charge in [-0.2, -0.15) is 0 Å². The largest absolute Gasteiger partial charge is 0.366 e. The molecule has 0 aliphatic rings. The Bertz CT molecular complexity index is 587. The van der Waals surface area contributed by atoms with Crippen molar-refractivity contribution in [1.29, 1.82) is 0 Å². The van der Waals surface area contributed by atoms with Crippen LogP contribution in [0.5, 0.6) is 0 Å². The molecule has 1 heterocycles. The van der Waals surface area contributed by atoms with Crippen molar-refractivity contribution in [3.63, 3.8) is 0 Å². The lowest BCUT2D eigenvalue weighted by atomic mass is 10.1. The number of hydrogen-bond donors (Lipinski definition) is 2. The number of benzene rings is 1. The number of nitrogens with one attached hydrogen (secondary N) is 2. The maximum Gasteiger partial charge on any atom is 0.252 e. The summed E-state index contributed by atoms with van der Waals surface area (Å²) in [5.74, 6) is 1.33. The van der Waals surface area contributed by atoms with Gasteiger partial charge in [0.2, 0.25) is 0 Å². The molecule has 0 aliphatic heterocycles. The minimum atomic E-state index is -0.115. The maximum atomic E-state index is 11.4. The Morgan fingerprint density at radius 1 is 1.11 bits per heavy atom. The van der Waals surface area contributed by atoms with Crippen molar-refractivity contribution in [2.24, 2.45) is 0 Å². The van der Waals surface area contributed by atoms with E-state index in [9.17, 15) is 4.79 Å². The molecule has 19 heavy (non-hydrogen) atoms. The van der Waals surface area contributed by atoms with E-state index in [0.717, 1.165) is 12.8 Å². The van der Waals surface area contributed by atoms with Gasteiger partial charge in [0.05, 0.1) is 0 Å². The molecule has 4 heteroatoms. The fourth-order valence-corrected chi connectivity index (χ4v) is 1.85. The Kier molecular flexibility index (Phi) is 4.34. The molecule has 4 nitrogen and oxygen atoms in total. The highest BCUT2D eigenvalue weighted by atomic mass is 16.1. The summed E-state index contributed by atoms with van der Waals surface area (Å²) in [5.41, 5.74) is 2.39. The third-order valence-corrected chi connectivity index (χ3v) is 3.03. The average Bonchev–Trinajstić information content (AvgIpc) is 2.45. The molecule has 0 saturated carbocycles. The fourth-order valence-electron chi connectivity index (χ4n) is 1.85. The van der Waals surface area contributed by atoms with Crippen LogP contribution in [0.3, 0.4) is 0 Å². The first-order valence-corrected chi connectivity index (χ1v) is 6.63. The zero-order valence-corrected chi connectivity index (χ0v) is 11.4. The van der Waals surface area contributed by atoms with Crippen LogP contribution in [0.2, 0.25) is 0 Å². The van der Waals surface area contributed by atoms with Crippen LogP contribution in [0.15, 0.2) is 35.1 Å². The lowest BCUT2D eigenvalue weighted by Crippen LogP contribution is -2.13. The first-order valence-electron chi connectivity index (χ1n) is 6.63. The summed E-state index contributed by atoms with van der Waals surface area (Å²) >= 11 is 0. The number of rotatable bonds is 5. The summed E-state index contributed by atoms with van der Waals surface area (Å²) in [4.78, 5) is 18.5. The molecule has 0 unspecified atom stereocenters. The minimum Gasteiger partial charge on any atom is -0.366 e. The molecule has 2 aromatic rings. The van der Waals surface area contributed by atoms with E-state index >= 15 is 0 Å². The predicted octanol–water partition coefficient (Wildman–Crippen LogP) is 2.51. The van der Waals surface area contributed by atoms with E-state index in [1.165, 1.54) is 17.2 Å². The molecule has 2 N–H and O–H groups in total. The Balaban J connectivity index is 2.05. The van der Waals surface area contributed by atoms with Crippen molar-refractivity contribution in [2.75, 3.05) is 5.32 Å². The van der Waals surface area contributed by atoms with Crippen molar-refractivity contribution in [3.05, 3.63) is 57.6 Å². The van der Waals surface area contributed by atoms with Gasteiger partial charge in [0.15, 0.2) is 0 Å². The van der Waals surface area contributed by atoms with E-state index < -0.39 is 0 Å². The van der Waals surface area contributed by atoms with Crippen molar-refractivity contribution in [1.82, 2.24) is 9.97 Å². The van der Waals surface area contributed by atoms with Gasteiger partial charge in [-0.1, -0.05) is 38.1 Å². The lowest BCUT2D eigenvalue weighted by Gasteiger charge is -2.07. The Labute approximate surface area is 112 Å². The number of nitrogens with zero attached hydrogens (tertiary/aromatic N) is 1. The Morgan fingerprint density at radius 2 is 1.79 bits per heavy atom. The fraction of sp³-hybridized carbons (Fsp3) is 0.333. The highest BCUT2D eigenvalue weighted by molar-refractivity contribution is 5.35. The van der Waals surface area contributed by atoms with Gasteiger partial charge in [-0.05, 0) is 17.5 Å². The molecule has 2 rings (SSSR count). The van der Waals surface area contributed by atoms with Crippen LogP contribution < -0.4 is 10.9 Å². The second kappa shape index (κ2) is 6.18. The van der Waals surface area contributed by atoms with Crippen LogP contribution in [-0.2, 0) is 19.4 Å². The van der Waals surface area contributed by atoms with E-state index in [4.69, 9.17) is 0 Å². The summed E-state index contributed by atoms with van der Waals surface area (Å²) in [7, 11) is 0. The molecule has 0 fully saturated rings. The zero-order chi connectivity index (χ0) is 13.7. The topological polar surface area (TPSA) is 57.8 Å².